The Morgan fingerprint density at radius 2 is 1.89 bits per heavy atom. The van der Waals surface area contributed by atoms with Gasteiger partial charge in [-0.05, 0) is 50.1 Å². The van der Waals surface area contributed by atoms with E-state index in [2.05, 4.69) is 5.32 Å². The number of nitrogens with zero attached hydrogens (tertiary/aromatic N) is 4. The molecule has 8 nitrogen and oxygen atoms in total. The Bertz CT molecular complexity index is 2050. The molecule has 1 aliphatic rings. The molecule has 1 fully saturated rings. The first-order chi connectivity index (χ1) is 21.4. The first kappa shape index (κ1) is 29.0. The number of nitriles is 1. The lowest BCUT2D eigenvalue weighted by Crippen LogP contribution is -2.36. The lowest BCUT2D eigenvalue weighted by atomic mass is 10.1. The molecule has 0 radical (unpaired) electrons. The second-order valence-electron chi connectivity index (χ2n) is 10.4. The van der Waals surface area contributed by atoms with Crippen LogP contribution in [0.4, 0.5) is 4.39 Å². The molecule has 2 aromatic heterocycles. The van der Waals surface area contributed by atoms with Gasteiger partial charge in [-0.25, -0.2) is 9.07 Å². The number of amides is 1. The molecule has 1 aliphatic heterocycles. The summed E-state index contributed by atoms with van der Waals surface area (Å²) in [6.45, 7) is 2.85. The molecule has 220 valence electrons. The SMILES string of the molecule is Cc1ccc(-c2nn(-c3ccccc3)cc2/C=c2\s/c(=C(/C#N)C(=O)NCC3CCCO3)n(-c3ccccc3F)c2=O)cc1. The molecule has 0 bridgehead atoms. The Labute approximate surface area is 256 Å². The summed E-state index contributed by atoms with van der Waals surface area (Å²) in [5.41, 5.74) is 3.16. The molecule has 10 heteroatoms. The van der Waals surface area contributed by atoms with E-state index in [4.69, 9.17) is 9.84 Å². The summed E-state index contributed by atoms with van der Waals surface area (Å²) >= 11 is 0.955. The lowest BCUT2D eigenvalue weighted by Gasteiger charge is -2.10. The number of rotatable bonds is 7. The molecular weight excluding hydrogens is 577 g/mol. The van der Waals surface area contributed by atoms with E-state index in [9.17, 15) is 14.9 Å². The molecule has 0 saturated carbocycles. The average Bonchev–Trinajstić information content (AvgIpc) is 3.78. The summed E-state index contributed by atoms with van der Waals surface area (Å²) in [6, 6.07) is 25.2. The minimum atomic E-state index is -0.658. The summed E-state index contributed by atoms with van der Waals surface area (Å²) in [5.74, 6) is -1.31. The average molecular weight is 606 g/mol. The zero-order chi connectivity index (χ0) is 30.6. The van der Waals surface area contributed by atoms with Crippen LogP contribution in [0.2, 0.25) is 0 Å². The van der Waals surface area contributed by atoms with Crippen LogP contribution in [0.25, 0.3) is 34.3 Å². The van der Waals surface area contributed by atoms with E-state index in [1.807, 2.05) is 73.8 Å². The normalized spacial score (nSPS) is 15.7. The molecular formula is C34H28FN5O3S. The van der Waals surface area contributed by atoms with Crippen LogP contribution < -0.4 is 20.1 Å². The van der Waals surface area contributed by atoms with Gasteiger partial charge in [-0.2, -0.15) is 10.4 Å². The largest absolute Gasteiger partial charge is 0.376 e. The van der Waals surface area contributed by atoms with Crippen LogP contribution in [0, 0.1) is 24.1 Å². The highest BCUT2D eigenvalue weighted by atomic mass is 32.1. The highest BCUT2D eigenvalue weighted by molar-refractivity contribution is 7.07. The number of para-hydroxylation sites is 2. The molecule has 1 atom stereocenters. The monoisotopic (exact) mass is 605 g/mol. The first-order valence-electron chi connectivity index (χ1n) is 14.2. The van der Waals surface area contributed by atoms with Gasteiger partial charge in [0.25, 0.3) is 11.5 Å². The Balaban J connectivity index is 1.56. The van der Waals surface area contributed by atoms with Crippen LogP contribution in [-0.4, -0.2) is 39.5 Å². The van der Waals surface area contributed by atoms with Crippen molar-refractivity contribution in [3.63, 3.8) is 0 Å². The Kier molecular flexibility index (Phi) is 8.32. The molecule has 0 aliphatic carbocycles. The molecule has 5 aromatic rings. The van der Waals surface area contributed by atoms with Gasteiger partial charge in [0, 0.05) is 30.5 Å². The first-order valence-corrected chi connectivity index (χ1v) is 15.0. The number of hydrogen-bond donors (Lipinski definition) is 1. The van der Waals surface area contributed by atoms with Crippen LogP contribution in [-0.2, 0) is 9.53 Å². The summed E-state index contributed by atoms with van der Waals surface area (Å²) in [4.78, 5) is 27.3. The summed E-state index contributed by atoms with van der Waals surface area (Å²) < 4.78 is 23.8. The molecule has 0 spiro atoms. The molecule has 1 saturated heterocycles. The van der Waals surface area contributed by atoms with Crippen molar-refractivity contribution in [2.75, 3.05) is 13.2 Å². The molecule has 1 N–H and O–H groups in total. The molecule has 3 aromatic carbocycles. The Morgan fingerprint density at radius 3 is 2.59 bits per heavy atom. The molecule has 1 unspecified atom stereocenters. The highest BCUT2D eigenvalue weighted by Gasteiger charge is 2.22. The number of carbonyl (C=O) groups is 1. The van der Waals surface area contributed by atoms with E-state index in [0.717, 1.165) is 45.6 Å². The number of nitrogens with one attached hydrogen (secondary N) is 1. The summed E-state index contributed by atoms with van der Waals surface area (Å²) in [5, 5.41) is 17.7. The predicted octanol–water partition coefficient (Wildman–Crippen LogP) is 4.00. The van der Waals surface area contributed by atoms with Gasteiger partial charge >= 0.3 is 0 Å². The minimum absolute atomic E-state index is 0.0334. The second kappa shape index (κ2) is 12.6. The lowest BCUT2D eigenvalue weighted by molar-refractivity contribution is -0.116. The number of hydrogen-bond acceptors (Lipinski definition) is 6. The van der Waals surface area contributed by atoms with Crippen molar-refractivity contribution in [3.8, 4) is 28.7 Å². The quantitative estimate of drug-likeness (QED) is 0.302. The van der Waals surface area contributed by atoms with E-state index >= 15 is 4.39 Å². The van der Waals surface area contributed by atoms with Crippen molar-refractivity contribution in [2.45, 2.75) is 25.9 Å². The fourth-order valence-electron chi connectivity index (χ4n) is 5.08. The maximum absolute atomic E-state index is 15.1. The second-order valence-corrected chi connectivity index (χ2v) is 11.4. The zero-order valence-electron chi connectivity index (χ0n) is 23.9. The van der Waals surface area contributed by atoms with E-state index in [1.54, 1.807) is 16.8 Å². The fraction of sp³-hybridized carbons (Fsp3) is 0.176. The van der Waals surface area contributed by atoms with Gasteiger partial charge in [-0.1, -0.05) is 60.2 Å². The third-order valence-electron chi connectivity index (χ3n) is 7.36. The molecule has 44 heavy (non-hydrogen) atoms. The molecule has 1 amide bonds. The van der Waals surface area contributed by atoms with Gasteiger partial charge in [-0.15, -0.1) is 11.3 Å². The van der Waals surface area contributed by atoms with E-state index in [0.29, 0.717) is 17.9 Å². The molecule has 3 heterocycles. The third-order valence-corrected chi connectivity index (χ3v) is 8.45. The van der Waals surface area contributed by atoms with Crippen molar-refractivity contribution < 1.29 is 13.9 Å². The number of aryl methyl sites for hydroxylation is 1. The Morgan fingerprint density at radius 1 is 1.14 bits per heavy atom. The number of benzene rings is 3. The van der Waals surface area contributed by atoms with Gasteiger partial charge in [-0.3, -0.25) is 14.2 Å². The van der Waals surface area contributed by atoms with Crippen LogP contribution in [0.3, 0.4) is 0 Å². The van der Waals surface area contributed by atoms with Gasteiger partial charge in [0.05, 0.1) is 27.7 Å². The van der Waals surface area contributed by atoms with Crippen molar-refractivity contribution in [3.05, 3.63) is 122 Å². The summed E-state index contributed by atoms with van der Waals surface area (Å²) in [7, 11) is 0. The van der Waals surface area contributed by atoms with Gasteiger partial charge in [0.1, 0.15) is 16.5 Å². The number of halogens is 1. The van der Waals surface area contributed by atoms with Crippen molar-refractivity contribution >= 4 is 28.9 Å². The smallest absolute Gasteiger partial charge is 0.273 e. The number of ether oxygens (including phenoxy) is 1. The van der Waals surface area contributed by atoms with Crippen molar-refractivity contribution in [1.82, 2.24) is 19.7 Å². The topological polar surface area (TPSA) is 102 Å². The van der Waals surface area contributed by atoms with Crippen molar-refractivity contribution in [2.24, 2.45) is 0 Å². The standard InChI is InChI=1S/C34H28FN5O3S/c1-22-13-15-23(16-14-22)31-24(21-39(38-31)25-8-3-2-4-9-25)18-30-33(42)40(29-12-6-5-11-28(29)35)34(44-30)27(19-36)32(41)37-20-26-10-7-17-43-26/h2-6,8-9,11-16,18,21,26H,7,10,17,20H2,1H3,(H,37,41)/b30-18-,34-27-. The zero-order valence-corrected chi connectivity index (χ0v) is 24.7. The number of carbonyl (C=O) groups excluding carboxylic acids is 1. The van der Waals surface area contributed by atoms with Gasteiger partial charge in [0.15, 0.2) is 5.57 Å². The fourth-order valence-corrected chi connectivity index (χ4v) is 6.17. The molecule has 6 rings (SSSR count). The third kappa shape index (κ3) is 5.88. The Hall–Kier alpha value is -5.11. The van der Waals surface area contributed by atoms with Crippen molar-refractivity contribution in [1.29, 1.82) is 5.26 Å². The van der Waals surface area contributed by atoms with Crippen LogP contribution >= 0.6 is 11.3 Å². The van der Waals surface area contributed by atoms with E-state index in [-0.39, 0.29) is 33.1 Å². The van der Waals surface area contributed by atoms with Gasteiger partial charge in [0.2, 0.25) is 0 Å². The maximum Gasteiger partial charge on any atom is 0.273 e. The summed E-state index contributed by atoms with van der Waals surface area (Å²) in [6.07, 6.45) is 5.06. The highest BCUT2D eigenvalue weighted by Crippen LogP contribution is 2.25. The van der Waals surface area contributed by atoms with Crippen LogP contribution in [0.15, 0.2) is 89.9 Å². The van der Waals surface area contributed by atoms with Gasteiger partial charge < -0.3 is 10.1 Å². The predicted molar refractivity (Wildman–Crippen MR) is 167 cm³/mol. The number of aromatic nitrogens is 3. The minimum Gasteiger partial charge on any atom is -0.376 e. The maximum atomic E-state index is 15.1. The number of thiazole rings is 1. The van der Waals surface area contributed by atoms with E-state index in [1.165, 1.54) is 18.2 Å². The van der Waals surface area contributed by atoms with Crippen LogP contribution in [0.5, 0.6) is 0 Å². The van der Waals surface area contributed by atoms with E-state index < -0.39 is 17.3 Å². The van der Waals surface area contributed by atoms with Crippen LogP contribution in [0.1, 0.15) is 24.0 Å².